The van der Waals surface area contributed by atoms with Gasteiger partial charge in [0.05, 0.1) is 0 Å². The molecule has 2 nitrogen and oxygen atoms in total. The van der Waals surface area contributed by atoms with Gasteiger partial charge in [-0.3, -0.25) is 9.97 Å². The third-order valence-corrected chi connectivity index (χ3v) is 5.65. The second-order valence-electron chi connectivity index (χ2n) is 8.19. The van der Waals surface area contributed by atoms with Crippen molar-refractivity contribution in [3.05, 3.63) is 121 Å². The van der Waals surface area contributed by atoms with Gasteiger partial charge >= 0.3 is 26.2 Å². The molecule has 0 bridgehead atoms. The van der Waals surface area contributed by atoms with Crippen molar-refractivity contribution in [1.29, 1.82) is 0 Å². The molecular formula is C30H24N2Zr. The van der Waals surface area contributed by atoms with Gasteiger partial charge in [0.25, 0.3) is 0 Å². The smallest absolute Gasteiger partial charge is 0.295 e. The molecule has 158 valence electrons. The third kappa shape index (κ3) is 5.26. The number of rotatable bonds is 2. The van der Waals surface area contributed by atoms with Crippen LogP contribution in [0.1, 0.15) is 11.1 Å². The van der Waals surface area contributed by atoms with Gasteiger partial charge in [-0.2, -0.15) is 0 Å². The van der Waals surface area contributed by atoms with Crippen LogP contribution in [0.2, 0.25) is 0 Å². The number of nitrogens with zero attached hydrogens (tertiary/aromatic N) is 2. The van der Waals surface area contributed by atoms with Crippen molar-refractivity contribution in [2.45, 2.75) is 13.8 Å². The maximum Gasteiger partial charge on any atom is 2.00 e. The van der Waals surface area contributed by atoms with Gasteiger partial charge in [-0.05, 0) is 25.0 Å². The van der Waals surface area contributed by atoms with Gasteiger partial charge in [0.1, 0.15) is 0 Å². The molecule has 0 saturated heterocycles. The molecule has 4 aromatic carbocycles. The molecule has 0 atom stereocenters. The minimum atomic E-state index is 0. The van der Waals surface area contributed by atoms with Gasteiger partial charge in [-0.25, -0.2) is 0 Å². The van der Waals surface area contributed by atoms with Gasteiger partial charge in [-0.1, -0.05) is 60.7 Å². The predicted octanol–water partition coefficient (Wildman–Crippen LogP) is 7.86. The molecule has 6 rings (SSSR count). The number of fused-ring (bicyclic) bond motifs is 2. The monoisotopic (exact) mass is 502 g/mol. The van der Waals surface area contributed by atoms with Crippen LogP contribution in [0.3, 0.4) is 0 Å². The Labute approximate surface area is 213 Å². The molecule has 0 fully saturated rings. The number of pyridine rings is 2. The Morgan fingerprint density at radius 2 is 0.970 bits per heavy atom. The molecule has 3 heteroatoms. The zero-order chi connectivity index (χ0) is 21.9. The van der Waals surface area contributed by atoms with Gasteiger partial charge < -0.3 is 0 Å². The molecule has 0 saturated carbocycles. The predicted molar refractivity (Wildman–Crippen MR) is 135 cm³/mol. The SMILES string of the molecule is Cc1ccc(-c2cc3ccccc3[cH-]2)nc1.Cc1ccc(-c2cc3ccccc3[cH-]2)nc1.[Zr+2]. The van der Waals surface area contributed by atoms with E-state index < -0.39 is 0 Å². The Hall–Kier alpha value is -3.16. The van der Waals surface area contributed by atoms with Crippen LogP contribution in [0.25, 0.3) is 44.1 Å². The second-order valence-corrected chi connectivity index (χ2v) is 8.19. The van der Waals surface area contributed by atoms with E-state index in [-0.39, 0.29) is 26.2 Å². The molecule has 0 spiro atoms. The summed E-state index contributed by atoms with van der Waals surface area (Å²) >= 11 is 0. The molecule has 6 aromatic rings. The van der Waals surface area contributed by atoms with Crippen molar-refractivity contribution in [3.8, 4) is 22.5 Å². The van der Waals surface area contributed by atoms with E-state index in [9.17, 15) is 0 Å². The van der Waals surface area contributed by atoms with Crippen molar-refractivity contribution in [3.63, 3.8) is 0 Å². The Kier molecular flexibility index (Phi) is 7.11. The Balaban J connectivity index is 0.000000152. The second kappa shape index (κ2) is 10.2. The Bertz CT molecular complexity index is 1290. The van der Waals surface area contributed by atoms with Crippen LogP contribution >= 0.6 is 0 Å². The normalized spacial score (nSPS) is 10.5. The number of hydrogen-bond donors (Lipinski definition) is 0. The number of benzene rings is 2. The first-order chi connectivity index (χ1) is 15.7. The molecule has 0 aliphatic carbocycles. The van der Waals surface area contributed by atoms with Crippen LogP contribution in [0, 0.1) is 13.8 Å². The van der Waals surface area contributed by atoms with Crippen LogP contribution < -0.4 is 0 Å². The van der Waals surface area contributed by atoms with Crippen molar-refractivity contribution in [1.82, 2.24) is 9.97 Å². The van der Waals surface area contributed by atoms with E-state index in [0.717, 1.165) is 11.4 Å². The minimum absolute atomic E-state index is 0. The molecule has 0 radical (unpaired) electrons. The van der Waals surface area contributed by atoms with E-state index in [4.69, 9.17) is 0 Å². The van der Waals surface area contributed by atoms with Crippen molar-refractivity contribution in [2.75, 3.05) is 0 Å². The Morgan fingerprint density at radius 3 is 1.33 bits per heavy atom. The first-order valence-electron chi connectivity index (χ1n) is 10.8. The van der Waals surface area contributed by atoms with Crippen molar-refractivity contribution in [2.24, 2.45) is 0 Å². The van der Waals surface area contributed by atoms with Crippen molar-refractivity contribution < 1.29 is 26.2 Å². The third-order valence-electron chi connectivity index (χ3n) is 5.65. The van der Waals surface area contributed by atoms with Crippen molar-refractivity contribution >= 4 is 21.5 Å². The van der Waals surface area contributed by atoms with Crippen LogP contribution in [0.15, 0.2) is 109 Å². The van der Waals surface area contributed by atoms with E-state index in [1.54, 1.807) is 0 Å². The number of hydrogen-bond acceptors (Lipinski definition) is 2. The fourth-order valence-electron chi connectivity index (χ4n) is 3.87. The summed E-state index contributed by atoms with van der Waals surface area (Å²) in [6, 6.07) is 33.9. The van der Waals surface area contributed by atoms with Crippen LogP contribution in [-0.4, -0.2) is 9.97 Å². The van der Waals surface area contributed by atoms with Gasteiger partial charge in [0.15, 0.2) is 0 Å². The molecular weight excluding hydrogens is 480 g/mol. The summed E-state index contributed by atoms with van der Waals surface area (Å²) in [6.07, 6.45) is 3.82. The molecule has 2 aromatic heterocycles. The van der Waals surface area contributed by atoms with E-state index in [2.05, 4.69) is 121 Å². The first-order valence-corrected chi connectivity index (χ1v) is 10.8. The van der Waals surface area contributed by atoms with Crippen LogP contribution in [-0.2, 0) is 26.2 Å². The summed E-state index contributed by atoms with van der Waals surface area (Å²) in [7, 11) is 0. The van der Waals surface area contributed by atoms with Crippen LogP contribution in [0.4, 0.5) is 0 Å². The zero-order valence-electron chi connectivity index (χ0n) is 18.8. The van der Waals surface area contributed by atoms with E-state index in [0.29, 0.717) is 0 Å². The van der Waals surface area contributed by atoms with Gasteiger partial charge in [0.2, 0.25) is 0 Å². The topological polar surface area (TPSA) is 25.8 Å². The fraction of sp³-hybridized carbons (Fsp3) is 0.0667. The van der Waals surface area contributed by atoms with Crippen LogP contribution in [0.5, 0.6) is 0 Å². The van der Waals surface area contributed by atoms with E-state index in [1.807, 2.05) is 12.4 Å². The fourth-order valence-corrected chi connectivity index (χ4v) is 3.87. The number of aromatic nitrogens is 2. The van der Waals surface area contributed by atoms with Gasteiger partial charge in [-0.15, -0.1) is 69.1 Å². The molecule has 33 heavy (non-hydrogen) atoms. The standard InChI is InChI=1S/2C15H12N.Zr/c2*1-11-6-7-15(16-10-11)14-8-12-4-2-3-5-13(12)9-14;/h2*2-10H,1H3;/q2*-1;+2. The maximum absolute atomic E-state index is 4.44. The van der Waals surface area contributed by atoms with E-state index in [1.165, 1.54) is 43.8 Å². The molecule has 0 aliphatic rings. The summed E-state index contributed by atoms with van der Waals surface area (Å²) in [6.45, 7) is 4.11. The van der Waals surface area contributed by atoms with Gasteiger partial charge in [0, 0.05) is 23.8 Å². The zero-order valence-corrected chi connectivity index (χ0v) is 21.2. The molecule has 2 heterocycles. The summed E-state index contributed by atoms with van der Waals surface area (Å²) in [5, 5.41) is 5.11. The number of aryl methyl sites for hydroxylation is 2. The van der Waals surface area contributed by atoms with E-state index >= 15 is 0 Å². The quantitative estimate of drug-likeness (QED) is 0.225. The summed E-state index contributed by atoms with van der Waals surface area (Å²) in [5.74, 6) is 0. The molecule has 0 aliphatic heterocycles. The largest absolute Gasteiger partial charge is 2.00 e. The summed E-state index contributed by atoms with van der Waals surface area (Å²) in [4.78, 5) is 8.89. The summed E-state index contributed by atoms with van der Waals surface area (Å²) in [5.41, 5.74) is 6.87. The Morgan fingerprint density at radius 1 is 0.545 bits per heavy atom. The average molecular weight is 504 g/mol. The first kappa shape index (κ1) is 23.0. The summed E-state index contributed by atoms with van der Waals surface area (Å²) < 4.78 is 0. The molecule has 0 amide bonds. The average Bonchev–Trinajstić information content (AvgIpc) is 3.45. The molecule has 0 unspecified atom stereocenters. The molecule has 0 N–H and O–H groups in total. The maximum atomic E-state index is 4.44. The minimum Gasteiger partial charge on any atom is -0.295 e.